The van der Waals surface area contributed by atoms with Gasteiger partial charge in [0, 0.05) is 31.3 Å². The number of halogens is 1. The van der Waals surface area contributed by atoms with E-state index in [4.69, 9.17) is 4.74 Å². The maximum Gasteiger partial charge on any atom is 0.331 e. The summed E-state index contributed by atoms with van der Waals surface area (Å²) >= 11 is 0. The zero-order chi connectivity index (χ0) is 23.5. The predicted molar refractivity (Wildman–Crippen MR) is 118 cm³/mol. The second kappa shape index (κ2) is 7.63. The number of sulfone groups is 1. The zero-order valence-electron chi connectivity index (χ0n) is 18.5. The van der Waals surface area contributed by atoms with E-state index in [1.807, 2.05) is 6.92 Å². The van der Waals surface area contributed by atoms with Crippen LogP contribution in [0.5, 0.6) is 0 Å². The van der Waals surface area contributed by atoms with Crippen LogP contribution in [-0.2, 0) is 34.7 Å². The normalized spacial score (nSPS) is 17.9. The molecule has 1 aliphatic carbocycles. The zero-order valence-corrected chi connectivity index (χ0v) is 19.3. The van der Waals surface area contributed by atoms with Crippen molar-refractivity contribution in [3.63, 3.8) is 0 Å². The molecule has 1 aliphatic heterocycles. The monoisotopic (exact) mass is 476 g/mol. The maximum absolute atomic E-state index is 15.1. The van der Waals surface area contributed by atoms with Crippen LogP contribution in [0.4, 0.5) is 4.39 Å². The number of benzene rings is 1. The highest BCUT2D eigenvalue weighted by Gasteiger charge is 2.42. The number of rotatable bonds is 7. The van der Waals surface area contributed by atoms with Gasteiger partial charge in [0.05, 0.1) is 42.6 Å². The summed E-state index contributed by atoms with van der Waals surface area (Å²) in [6.07, 6.45) is 4.78. The van der Waals surface area contributed by atoms with Crippen molar-refractivity contribution in [2.24, 2.45) is 18.4 Å². The molecule has 1 saturated heterocycles. The summed E-state index contributed by atoms with van der Waals surface area (Å²) in [5.74, 6) is -1.07. The van der Waals surface area contributed by atoms with E-state index in [1.54, 1.807) is 24.1 Å². The van der Waals surface area contributed by atoms with Crippen LogP contribution in [0.15, 0.2) is 39.0 Å². The van der Waals surface area contributed by atoms with Gasteiger partial charge in [0.2, 0.25) is 0 Å². The van der Waals surface area contributed by atoms with Gasteiger partial charge in [-0.25, -0.2) is 17.6 Å². The molecule has 1 saturated carbocycles. The Morgan fingerprint density at radius 1 is 1.21 bits per heavy atom. The standard InChI is InChI=1S/C22H25FN4O5S/c1-22(3-4-22)13-33(30,31)19-5-16-18(6-17(19)23)26(10-15-11-32-12-15)21(29)27(20(16)28)9-14-7-24-25(2)8-14/h5-8,15H,3-4,9-13H2,1-2H3. The van der Waals surface area contributed by atoms with Crippen LogP contribution < -0.4 is 11.2 Å². The van der Waals surface area contributed by atoms with Gasteiger partial charge in [0.1, 0.15) is 10.7 Å². The number of fused-ring (bicyclic) bond motifs is 1. The highest BCUT2D eigenvalue weighted by atomic mass is 32.2. The second-order valence-corrected chi connectivity index (χ2v) is 11.5. The van der Waals surface area contributed by atoms with Crippen molar-refractivity contribution < 1.29 is 17.5 Å². The van der Waals surface area contributed by atoms with E-state index in [0.29, 0.717) is 18.8 Å². The minimum absolute atomic E-state index is 0.000317. The molecule has 0 unspecified atom stereocenters. The van der Waals surface area contributed by atoms with Crippen molar-refractivity contribution in [1.29, 1.82) is 0 Å². The Hall–Kier alpha value is -2.79. The molecule has 11 heteroatoms. The van der Waals surface area contributed by atoms with E-state index >= 15 is 4.39 Å². The quantitative estimate of drug-likeness (QED) is 0.509. The number of nitrogens with zero attached hydrogens (tertiary/aromatic N) is 4. The lowest BCUT2D eigenvalue weighted by atomic mass is 10.1. The van der Waals surface area contributed by atoms with Crippen LogP contribution >= 0.6 is 0 Å². The smallest absolute Gasteiger partial charge is 0.331 e. The minimum Gasteiger partial charge on any atom is -0.381 e. The minimum atomic E-state index is -3.95. The molecule has 2 fully saturated rings. The average Bonchev–Trinajstić information content (AvgIpc) is 3.27. The molecule has 2 aromatic heterocycles. The first kappa shape index (κ1) is 22.0. The molecule has 0 bridgehead atoms. The van der Waals surface area contributed by atoms with E-state index in [-0.39, 0.29) is 41.1 Å². The van der Waals surface area contributed by atoms with Crippen LogP contribution in [0.2, 0.25) is 0 Å². The SMILES string of the molecule is Cn1cc(Cn2c(=O)c3cc(S(=O)(=O)CC4(C)CC4)c(F)cc3n(CC3COC3)c2=O)cn1. The summed E-state index contributed by atoms with van der Waals surface area (Å²) in [7, 11) is -2.22. The first-order valence-electron chi connectivity index (χ1n) is 10.8. The summed E-state index contributed by atoms with van der Waals surface area (Å²) < 4.78 is 50.2. The number of hydrogen-bond donors (Lipinski definition) is 0. The second-order valence-electron chi connectivity index (χ2n) is 9.58. The van der Waals surface area contributed by atoms with E-state index in [0.717, 1.165) is 29.5 Å². The molecular formula is C22H25FN4O5S. The van der Waals surface area contributed by atoms with Crippen LogP contribution in [0.1, 0.15) is 25.3 Å². The highest BCUT2D eigenvalue weighted by molar-refractivity contribution is 7.91. The van der Waals surface area contributed by atoms with Crippen molar-refractivity contribution in [1.82, 2.24) is 18.9 Å². The third-order valence-corrected chi connectivity index (χ3v) is 8.56. The van der Waals surface area contributed by atoms with Crippen LogP contribution in [0, 0.1) is 17.2 Å². The molecule has 9 nitrogen and oxygen atoms in total. The Bertz CT molecular complexity index is 1480. The summed E-state index contributed by atoms with van der Waals surface area (Å²) in [6, 6.07) is 2.11. The van der Waals surface area contributed by atoms with Crippen LogP contribution in [-0.4, -0.2) is 46.3 Å². The molecule has 0 amide bonds. The molecule has 3 aromatic rings. The molecule has 0 spiro atoms. The van der Waals surface area contributed by atoms with Crippen molar-refractivity contribution >= 4 is 20.7 Å². The number of ether oxygens (including phenoxy) is 1. The Kier molecular flexibility index (Phi) is 5.09. The van der Waals surface area contributed by atoms with Gasteiger partial charge in [-0.2, -0.15) is 5.10 Å². The van der Waals surface area contributed by atoms with E-state index in [2.05, 4.69) is 5.10 Å². The lowest BCUT2D eigenvalue weighted by molar-refractivity contribution is -0.0395. The van der Waals surface area contributed by atoms with E-state index in [1.165, 1.54) is 4.57 Å². The van der Waals surface area contributed by atoms with E-state index < -0.39 is 31.8 Å². The molecule has 0 atom stereocenters. The first-order chi connectivity index (χ1) is 15.6. The van der Waals surface area contributed by atoms with Crippen molar-refractivity contribution in [3.05, 3.63) is 56.7 Å². The van der Waals surface area contributed by atoms with E-state index in [9.17, 15) is 18.0 Å². The largest absolute Gasteiger partial charge is 0.381 e. The Balaban J connectivity index is 1.70. The molecule has 3 heterocycles. The Morgan fingerprint density at radius 2 is 1.94 bits per heavy atom. The molecule has 5 rings (SSSR count). The van der Waals surface area contributed by atoms with Gasteiger partial charge in [0.25, 0.3) is 5.56 Å². The van der Waals surface area contributed by atoms with Crippen LogP contribution in [0.25, 0.3) is 10.9 Å². The summed E-state index contributed by atoms with van der Waals surface area (Å²) in [5, 5.41) is 4.07. The molecule has 176 valence electrons. The van der Waals surface area contributed by atoms with Gasteiger partial charge in [0.15, 0.2) is 9.84 Å². The van der Waals surface area contributed by atoms with Gasteiger partial charge < -0.3 is 4.74 Å². The predicted octanol–water partition coefficient (Wildman–Crippen LogP) is 1.30. The molecule has 1 aromatic carbocycles. The lowest BCUT2D eigenvalue weighted by Gasteiger charge is -2.27. The number of aromatic nitrogens is 4. The fourth-order valence-corrected chi connectivity index (χ4v) is 6.27. The van der Waals surface area contributed by atoms with Gasteiger partial charge in [-0.1, -0.05) is 6.92 Å². The summed E-state index contributed by atoms with van der Waals surface area (Å²) in [6.45, 7) is 2.99. The first-order valence-corrected chi connectivity index (χ1v) is 12.5. The maximum atomic E-state index is 15.1. The lowest BCUT2D eigenvalue weighted by Crippen LogP contribution is -2.43. The molecule has 2 aliphatic rings. The Morgan fingerprint density at radius 3 is 2.52 bits per heavy atom. The average molecular weight is 477 g/mol. The van der Waals surface area contributed by atoms with Gasteiger partial charge in [-0.3, -0.25) is 18.6 Å². The third-order valence-electron chi connectivity index (χ3n) is 6.50. The summed E-state index contributed by atoms with van der Waals surface area (Å²) in [4.78, 5) is 26.2. The fraction of sp³-hybridized carbons (Fsp3) is 0.500. The van der Waals surface area contributed by atoms with Crippen molar-refractivity contribution in [2.45, 2.75) is 37.8 Å². The van der Waals surface area contributed by atoms with Crippen LogP contribution in [0.3, 0.4) is 0 Å². The highest BCUT2D eigenvalue weighted by Crippen LogP contribution is 2.47. The molecule has 33 heavy (non-hydrogen) atoms. The fourth-order valence-electron chi connectivity index (χ4n) is 4.25. The number of aryl methyl sites for hydroxylation is 1. The molecule has 0 N–H and O–H groups in total. The number of hydrogen-bond acceptors (Lipinski definition) is 6. The third kappa shape index (κ3) is 4.04. The topological polar surface area (TPSA) is 105 Å². The van der Waals surface area contributed by atoms with Crippen molar-refractivity contribution in [2.75, 3.05) is 19.0 Å². The molecular weight excluding hydrogens is 451 g/mol. The van der Waals surface area contributed by atoms with Crippen molar-refractivity contribution in [3.8, 4) is 0 Å². The van der Waals surface area contributed by atoms with Gasteiger partial charge in [-0.15, -0.1) is 0 Å². The van der Waals surface area contributed by atoms with Gasteiger partial charge in [-0.05, 0) is 30.4 Å². The van der Waals surface area contributed by atoms with Gasteiger partial charge >= 0.3 is 5.69 Å². The summed E-state index contributed by atoms with van der Waals surface area (Å²) in [5.41, 5.74) is -0.860. The molecule has 0 radical (unpaired) electrons. The Labute approximate surface area is 189 Å².